The van der Waals surface area contributed by atoms with Crippen LogP contribution in [0.25, 0.3) is 0 Å². The third-order valence-corrected chi connectivity index (χ3v) is 3.84. The van der Waals surface area contributed by atoms with Crippen LogP contribution < -0.4 is 4.43 Å². The average molecular weight is 275 g/mol. The molecule has 0 spiro atoms. The van der Waals surface area contributed by atoms with Crippen molar-refractivity contribution in [2.45, 2.75) is 26.8 Å². The van der Waals surface area contributed by atoms with Gasteiger partial charge < -0.3 is 4.43 Å². The Labute approximate surface area is 108 Å². The van der Waals surface area contributed by atoms with Crippen molar-refractivity contribution in [3.63, 3.8) is 0 Å². The number of halogens is 2. The highest BCUT2D eigenvalue weighted by Crippen LogP contribution is 2.32. The second-order valence-corrected chi connectivity index (χ2v) is 7.31. The molecule has 0 radical (unpaired) electrons. The molecule has 16 heavy (non-hydrogen) atoms. The van der Waals surface area contributed by atoms with E-state index in [2.05, 4.69) is 6.58 Å². The number of benzene rings is 1. The highest BCUT2D eigenvalue weighted by Gasteiger charge is 2.13. The number of hydrogen-bond donors (Lipinski definition) is 0. The van der Waals surface area contributed by atoms with Crippen molar-refractivity contribution in [1.29, 1.82) is 0 Å². The van der Waals surface area contributed by atoms with Crippen molar-refractivity contribution in [1.82, 2.24) is 0 Å². The van der Waals surface area contributed by atoms with Crippen LogP contribution in [0.2, 0.25) is 11.6 Å². The zero-order valence-electron chi connectivity index (χ0n) is 9.81. The molecule has 88 valence electrons. The Morgan fingerprint density at radius 1 is 1.50 bits per heavy atom. The van der Waals surface area contributed by atoms with Crippen molar-refractivity contribution in [3.8, 4) is 5.75 Å². The maximum Gasteiger partial charge on any atom is 0.328 e. The fourth-order valence-corrected chi connectivity index (χ4v) is 2.66. The molecule has 1 aromatic carbocycles. The van der Waals surface area contributed by atoms with Gasteiger partial charge in [0.1, 0.15) is 5.75 Å². The first-order valence-corrected chi connectivity index (χ1v) is 8.92. The zero-order chi connectivity index (χ0) is 12.3. The molecule has 0 aliphatic heterocycles. The maximum absolute atomic E-state index is 6.22. The molecule has 0 aliphatic rings. The van der Waals surface area contributed by atoms with Crippen LogP contribution in [0.3, 0.4) is 0 Å². The topological polar surface area (TPSA) is 9.23 Å². The summed E-state index contributed by atoms with van der Waals surface area (Å²) in [6, 6.07) is 1.96. The summed E-state index contributed by atoms with van der Waals surface area (Å²) in [6.07, 6.45) is 2.60. The monoisotopic (exact) mass is 274 g/mol. The number of hydrogen-bond acceptors (Lipinski definition) is 1. The first-order chi connectivity index (χ1) is 7.47. The van der Waals surface area contributed by atoms with Crippen LogP contribution in [0.15, 0.2) is 18.7 Å². The number of allylic oxidation sites excluding steroid dienone is 1. The van der Waals surface area contributed by atoms with Gasteiger partial charge in [-0.15, -0.1) is 17.7 Å². The van der Waals surface area contributed by atoms with Gasteiger partial charge >= 0.3 is 8.35 Å². The molecule has 0 heterocycles. The van der Waals surface area contributed by atoms with E-state index in [0.29, 0.717) is 0 Å². The summed E-state index contributed by atoms with van der Waals surface area (Å²) in [5, 5.41) is 0.799. The molecule has 1 aromatic rings. The number of aryl methyl sites for hydroxylation is 1. The SMILES string of the molecule is C=CCc1c(O[SiH](C)Cl)cc(C)c(Cl)c1C. The van der Waals surface area contributed by atoms with E-state index in [0.717, 1.165) is 33.9 Å². The lowest BCUT2D eigenvalue weighted by atomic mass is 10.0. The van der Waals surface area contributed by atoms with Crippen molar-refractivity contribution in [3.05, 3.63) is 40.4 Å². The molecule has 0 N–H and O–H groups in total. The van der Waals surface area contributed by atoms with E-state index in [1.54, 1.807) is 0 Å². The first kappa shape index (κ1) is 13.6. The molecule has 1 nitrogen and oxygen atoms in total. The molecule has 0 aromatic heterocycles. The molecule has 0 aliphatic carbocycles. The zero-order valence-corrected chi connectivity index (χ0v) is 12.5. The lowest BCUT2D eigenvalue weighted by Gasteiger charge is -2.17. The molecule has 1 atom stereocenters. The van der Waals surface area contributed by atoms with Crippen LogP contribution in [0.4, 0.5) is 0 Å². The van der Waals surface area contributed by atoms with E-state index in [1.807, 2.05) is 32.5 Å². The Bertz CT molecular complexity index is 402. The minimum absolute atomic E-state index is 0.749. The maximum atomic E-state index is 6.22. The molecule has 0 fully saturated rings. The highest BCUT2D eigenvalue weighted by molar-refractivity contribution is 7.02. The Kier molecular flexibility index (Phi) is 4.90. The molecule has 1 unspecified atom stereocenters. The van der Waals surface area contributed by atoms with Crippen LogP contribution in [0, 0.1) is 13.8 Å². The molecular weight excluding hydrogens is 259 g/mol. The van der Waals surface area contributed by atoms with Crippen LogP contribution in [-0.2, 0) is 6.42 Å². The van der Waals surface area contributed by atoms with Gasteiger partial charge in [0.2, 0.25) is 0 Å². The first-order valence-electron chi connectivity index (χ1n) is 5.17. The van der Waals surface area contributed by atoms with Gasteiger partial charge in [-0.3, -0.25) is 0 Å². The van der Waals surface area contributed by atoms with Crippen LogP contribution in [-0.4, -0.2) is 8.35 Å². The van der Waals surface area contributed by atoms with Crippen LogP contribution >= 0.6 is 22.7 Å². The van der Waals surface area contributed by atoms with Crippen molar-refractivity contribution < 1.29 is 4.43 Å². The quantitative estimate of drug-likeness (QED) is 0.455. The molecular formula is C12H16Cl2OSi. The molecule has 0 amide bonds. The smallest absolute Gasteiger partial charge is 0.328 e. The predicted molar refractivity (Wildman–Crippen MR) is 74.3 cm³/mol. The Morgan fingerprint density at radius 2 is 2.12 bits per heavy atom. The summed E-state index contributed by atoms with van der Waals surface area (Å²) in [7, 11) is -1.61. The van der Waals surface area contributed by atoms with Gasteiger partial charge in [-0.05, 0) is 44.0 Å². The van der Waals surface area contributed by atoms with E-state index in [-0.39, 0.29) is 0 Å². The van der Waals surface area contributed by atoms with Crippen molar-refractivity contribution in [2.75, 3.05) is 0 Å². The fraction of sp³-hybridized carbons (Fsp3) is 0.333. The van der Waals surface area contributed by atoms with E-state index in [9.17, 15) is 0 Å². The van der Waals surface area contributed by atoms with E-state index < -0.39 is 8.35 Å². The summed E-state index contributed by atoms with van der Waals surface area (Å²) in [5.41, 5.74) is 3.17. The van der Waals surface area contributed by atoms with Crippen LogP contribution in [0.1, 0.15) is 16.7 Å². The largest absolute Gasteiger partial charge is 0.532 e. The van der Waals surface area contributed by atoms with Gasteiger partial charge in [-0.2, -0.15) is 0 Å². The second kappa shape index (κ2) is 5.76. The van der Waals surface area contributed by atoms with Gasteiger partial charge in [0, 0.05) is 10.6 Å². The summed E-state index contributed by atoms with van der Waals surface area (Å²) >= 11 is 12.2. The third kappa shape index (κ3) is 3.03. The minimum atomic E-state index is -1.61. The summed E-state index contributed by atoms with van der Waals surface area (Å²) in [6.45, 7) is 9.65. The van der Waals surface area contributed by atoms with E-state index >= 15 is 0 Å². The van der Waals surface area contributed by atoms with Gasteiger partial charge in [0.05, 0.1) is 0 Å². The van der Waals surface area contributed by atoms with Crippen molar-refractivity contribution >= 4 is 31.0 Å². The standard InChI is InChI=1S/C12H16Cl2OSi/c1-5-6-10-9(3)12(13)8(2)7-11(10)15-16(4)14/h5,7,16H,1,6H2,2-4H3. The second-order valence-electron chi connectivity index (χ2n) is 3.76. The minimum Gasteiger partial charge on any atom is -0.532 e. The molecule has 4 heteroatoms. The van der Waals surface area contributed by atoms with E-state index in [4.69, 9.17) is 27.1 Å². The summed E-state index contributed by atoms with van der Waals surface area (Å²) in [4.78, 5) is 0. The van der Waals surface area contributed by atoms with Gasteiger partial charge in [-0.1, -0.05) is 17.7 Å². The van der Waals surface area contributed by atoms with E-state index in [1.165, 1.54) is 0 Å². The third-order valence-electron chi connectivity index (χ3n) is 2.41. The highest BCUT2D eigenvalue weighted by atomic mass is 35.6. The predicted octanol–water partition coefficient (Wildman–Crippen LogP) is 4.15. The lowest BCUT2D eigenvalue weighted by molar-refractivity contribution is 0.583. The van der Waals surface area contributed by atoms with Gasteiger partial charge in [-0.25, -0.2) is 0 Å². The fourth-order valence-electron chi connectivity index (χ4n) is 1.64. The Hall–Kier alpha value is -0.443. The Morgan fingerprint density at radius 3 is 2.62 bits per heavy atom. The molecule has 0 saturated heterocycles. The van der Waals surface area contributed by atoms with Gasteiger partial charge in [0.25, 0.3) is 0 Å². The molecule has 1 rings (SSSR count). The number of rotatable bonds is 4. The lowest BCUT2D eigenvalue weighted by Crippen LogP contribution is -2.11. The summed E-state index contributed by atoms with van der Waals surface area (Å²) < 4.78 is 5.71. The normalized spacial score (nSPS) is 12.3. The molecule has 0 saturated carbocycles. The van der Waals surface area contributed by atoms with Crippen molar-refractivity contribution in [2.24, 2.45) is 0 Å². The van der Waals surface area contributed by atoms with Crippen LogP contribution in [0.5, 0.6) is 5.75 Å². The molecule has 0 bridgehead atoms. The average Bonchev–Trinajstić information content (AvgIpc) is 2.20. The Balaban J connectivity index is 3.28. The summed E-state index contributed by atoms with van der Waals surface area (Å²) in [5.74, 6) is 0.855. The van der Waals surface area contributed by atoms with Gasteiger partial charge in [0.15, 0.2) is 0 Å².